The summed E-state index contributed by atoms with van der Waals surface area (Å²) >= 11 is 0. The van der Waals surface area contributed by atoms with Gasteiger partial charge in [-0.25, -0.2) is 0 Å². The van der Waals surface area contributed by atoms with E-state index < -0.39 is 5.17 Å². The second-order valence-electron chi connectivity index (χ2n) is 2.60. The molecule has 0 fully saturated rings. The van der Waals surface area contributed by atoms with Gasteiger partial charge in [0.25, 0.3) is 0 Å². The molecular weight excluding hydrogens is 172 g/mol. The Balaban J connectivity index is 2.78. The van der Waals surface area contributed by atoms with Gasteiger partial charge < -0.3 is 15.7 Å². The maximum atomic E-state index is 11.2. The molecule has 0 aliphatic carbocycles. The van der Waals surface area contributed by atoms with E-state index in [1.165, 1.54) is 6.20 Å². The van der Waals surface area contributed by atoms with Crippen molar-refractivity contribution in [3.05, 3.63) is 22.3 Å². The van der Waals surface area contributed by atoms with Crippen molar-refractivity contribution in [2.75, 3.05) is 13.1 Å². The van der Waals surface area contributed by atoms with Gasteiger partial charge in [-0.3, -0.25) is 5.32 Å². The van der Waals surface area contributed by atoms with Crippen molar-refractivity contribution in [2.24, 2.45) is 0 Å². The highest BCUT2D eigenvalue weighted by Crippen LogP contribution is 1.91. The molecule has 0 saturated carbocycles. The lowest BCUT2D eigenvalue weighted by molar-refractivity contribution is -1.25. The zero-order valence-corrected chi connectivity index (χ0v) is 7.76. The molecule has 3 N–H and O–H groups in total. The van der Waals surface area contributed by atoms with E-state index in [9.17, 15) is 10.4 Å². The summed E-state index contributed by atoms with van der Waals surface area (Å²) in [5.41, 5.74) is 0.573. The van der Waals surface area contributed by atoms with Crippen LogP contribution in [0.4, 0.5) is 0 Å². The predicted octanol–water partition coefficient (Wildman–Crippen LogP) is -1.73. The van der Waals surface area contributed by atoms with Crippen LogP contribution in [0.5, 0.6) is 0 Å². The van der Waals surface area contributed by atoms with E-state index in [1.807, 2.05) is 13.8 Å². The molecule has 1 heterocycles. The summed E-state index contributed by atoms with van der Waals surface area (Å²) in [4.78, 5) is 0.363. The van der Waals surface area contributed by atoms with Crippen molar-refractivity contribution in [1.29, 1.82) is 0 Å². The molecular formula is C7H14N4O2. The van der Waals surface area contributed by atoms with Crippen LogP contribution < -0.4 is 15.8 Å². The van der Waals surface area contributed by atoms with Crippen molar-refractivity contribution >= 4 is 5.84 Å². The Hall–Kier alpha value is -1.27. The smallest absolute Gasteiger partial charge is 0.354 e. The van der Waals surface area contributed by atoms with Gasteiger partial charge in [0.05, 0.1) is 6.54 Å². The summed E-state index contributed by atoms with van der Waals surface area (Å²) in [6.07, 6.45) is 1.30. The van der Waals surface area contributed by atoms with Crippen LogP contribution in [0.2, 0.25) is 0 Å². The fourth-order valence-corrected chi connectivity index (χ4v) is 1.13. The van der Waals surface area contributed by atoms with Crippen LogP contribution in [0.15, 0.2) is 11.9 Å². The Kier molecular flexibility index (Phi) is 3.10. The third-order valence-electron chi connectivity index (χ3n) is 1.64. The molecule has 1 rings (SSSR count). The van der Waals surface area contributed by atoms with E-state index in [2.05, 4.69) is 10.6 Å². The summed E-state index contributed by atoms with van der Waals surface area (Å²) in [5.74, 6) is 0.314. The van der Waals surface area contributed by atoms with E-state index >= 15 is 0 Å². The fraction of sp³-hybridized carbons (Fsp3) is 0.571. The van der Waals surface area contributed by atoms with Crippen LogP contribution in [-0.2, 0) is 0 Å². The Morgan fingerprint density at radius 2 is 2.00 bits per heavy atom. The number of nitrogens with one attached hydrogen (secondary N) is 3. The quantitative estimate of drug-likeness (QED) is 0.361. The lowest BCUT2D eigenvalue weighted by atomic mass is 10.4. The first-order valence-electron chi connectivity index (χ1n) is 4.28. The topological polar surface area (TPSA) is 77.6 Å². The minimum atomic E-state index is -0.535. The highest BCUT2D eigenvalue weighted by molar-refractivity contribution is 5.93. The molecule has 74 valence electrons. The SMILES string of the molecule is CCNC1=C[NH+]([O-])[N+]([O-])=C1NCC. The summed E-state index contributed by atoms with van der Waals surface area (Å²) in [6.45, 7) is 5.07. The minimum absolute atomic E-state index is 0.314. The second kappa shape index (κ2) is 4.11. The van der Waals surface area contributed by atoms with Crippen molar-refractivity contribution in [2.45, 2.75) is 13.8 Å². The first kappa shape index (κ1) is 9.82. The lowest BCUT2D eigenvalue weighted by Crippen LogP contribution is -3.05. The second-order valence-corrected chi connectivity index (χ2v) is 2.60. The Morgan fingerprint density at radius 3 is 2.54 bits per heavy atom. The number of hydrogen-bond donors (Lipinski definition) is 3. The van der Waals surface area contributed by atoms with Gasteiger partial charge in [0.15, 0.2) is 11.9 Å². The third kappa shape index (κ3) is 1.90. The monoisotopic (exact) mass is 186 g/mol. The van der Waals surface area contributed by atoms with Gasteiger partial charge in [0, 0.05) is 6.54 Å². The molecule has 1 unspecified atom stereocenters. The Morgan fingerprint density at radius 1 is 1.38 bits per heavy atom. The molecule has 0 aromatic carbocycles. The van der Waals surface area contributed by atoms with Crippen molar-refractivity contribution in [1.82, 2.24) is 10.6 Å². The van der Waals surface area contributed by atoms with Gasteiger partial charge in [-0.2, -0.15) is 5.17 Å². The van der Waals surface area contributed by atoms with Crippen LogP contribution in [0, 0.1) is 10.4 Å². The summed E-state index contributed by atoms with van der Waals surface area (Å²) in [6, 6.07) is 0. The van der Waals surface area contributed by atoms with Crippen molar-refractivity contribution in [3.63, 3.8) is 0 Å². The molecule has 1 aliphatic rings. The minimum Gasteiger partial charge on any atom is -0.666 e. The molecule has 0 spiro atoms. The van der Waals surface area contributed by atoms with Crippen LogP contribution in [-0.4, -0.2) is 23.8 Å². The number of hydroxylamine groups is 1. The standard InChI is InChI=1S/C7H14N4O2/c1-3-8-6-5-10(12)11(13)7(6)9-4-2/h5,8-10H,3-4H2,1-2H3. The van der Waals surface area contributed by atoms with Crippen LogP contribution in [0.3, 0.4) is 0 Å². The number of quaternary nitrogens is 1. The van der Waals surface area contributed by atoms with E-state index in [1.54, 1.807) is 0 Å². The molecule has 0 radical (unpaired) electrons. The van der Waals surface area contributed by atoms with Gasteiger partial charge in [-0.1, -0.05) is 4.85 Å². The average molecular weight is 186 g/mol. The summed E-state index contributed by atoms with van der Waals surface area (Å²) < 4.78 is 0. The fourth-order valence-electron chi connectivity index (χ4n) is 1.13. The Bertz CT molecular complexity index is 249. The normalized spacial score (nSPS) is 21.8. The van der Waals surface area contributed by atoms with Gasteiger partial charge in [0.2, 0.25) is 0 Å². The average Bonchev–Trinajstić information content (AvgIpc) is 2.34. The van der Waals surface area contributed by atoms with E-state index in [-0.39, 0.29) is 0 Å². The zero-order chi connectivity index (χ0) is 9.84. The van der Waals surface area contributed by atoms with Gasteiger partial charge in [-0.05, 0) is 13.8 Å². The summed E-state index contributed by atoms with van der Waals surface area (Å²) in [5, 5.41) is 27.4. The van der Waals surface area contributed by atoms with Crippen molar-refractivity contribution < 1.29 is 10.0 Å². The Labute approximate surface area is 76.7 Å². The predicted molar refractivity (Wildman–Crippen MR) is 48.4 cm³/mol. The molecule has 6 nitrogen and oxygen atoms in total. The van der Waals surface area contributed by atoms with Gasteiger partial charge in [0.1, 0.15) is 0 Å². The molecule has 0 bridgehead atoms. The number of likely N-dealkylation sites (N-methyl/N-ethyl adjacent to an activating group) is 2. The number of hydrogen-bond acceptors (Lipinski definition) is 4. The largest absolute Gasteiger partial charge is 0.666 e. The molecule has 13 heavy (non-hydrogen) atoms. The zero-order valence-electron chi connectivity index (χ0n) is 7.76. The molecule has 0 amide bonds. The van der Waals surface area contributed by atoms with Crippen LogP contribution in [0.1, 0.15) is 13.8 Å². The van der Waals surface area contributed by atoms with Crippen LogP contribution in [0.25, 0.3) is 0 Å². The van der Waals surface area contributed by atoms with Gasteiger partial charge >= 0.3 is 5.84 Å². The molecule has 0 aromatic heterocycles. The molecule has 0 saturated heterocycles. The van der Waals surface area contributed by atoms with Crippen molar-refractivity contribution in [3.8, 4) is 0 Å². The molecule has 6 heteroatoms. The molecule has 1 aliphatic heterocycles. The van der Waals surface area contributed by atoms with E-state index in [0.717, 1.165) is 0 Å². The molecule has 1 atom stereocenters. The lowest BCUT2D eigenvalue weighted by Gasteiger charge is -2.15. The maximum absolute atomic E-state index is 11.2. The highest BCUT2D eigenvalue weighted by Gasteiger charge is 2.25. The number of amidine groups is 1. The number of nitrogens with zero attached hydrogens (tertiary/aromatic N) is 1. The highest BCUT2D eigenvalue weighted by atomic mass is 16.7. The summed E-state index contributed by atoms with van der Waals surface area (Å²) in [7, 11) is 0. The maximum Gasteiger partial charge on any atom is 0.354 e. The van der Waals surface area contributed by atoms with E-state index in [4.69, 9.17) is 0 Å². The van der Waals surface area contributed by atoms with Gasteiger partial charge in [-0.15, -0.1) is 0 Å². The third-order valence-corrected chi connectivity index (χ3v) is 1.64. The van der Waals surface area contributed by atoms with E-state index in [0.29, 0.717) is 29.5 Å². The first-order valence-corrected chi connectivity index (χ1v) is 4.28. The van der Waals surface area contributed by atoms with Crippen LogP contribution >= 0.6 is 0 Å². The number of rotatable bonds is 3. The first-order chi connectivity index (χ1) is 6.20. The molecule has 0 aromatic rings.